The van der Waals surface area contributed by atoms with Gasteiger partial charge in [-0.05, 0) is 24.3 Å². The molecule has 2 atom stereocenters. The summed E-state index contributed by atoms with van der Waals surface area (Å²) in [6.07, 6.45) is -1.77. The van der Waals surface area contributed by atoms with Crippen LogP contribution in [0.25, 0.3) is 5.69 Å². The van der Waals surface area contributed by atoms with Gasteiger partial charge in [0.15, 0.2) is 5.82 Å². The van der Waals surface area contributed by atoms with E-state index in [0.717, 1.165) is 11.0 Å². The van der Waals surface area contributed by atoms with Gasteiger partial charge in [0, 0.05) is 31.2 Å². The van der Waals surface area contributed by atoms with Gasteiger partial charge in [-0.15, -0.1) is 0 Å². The molecule has 2 heterocycles. The van der Waals surface area contributed by atoms with Gasteiger partial charge >= 0.3 is 18.2 Å². The van der Waals surface area contributed by atoms with Crippen LogP contribution in [0.1, 0.15) is 0 Å². The second-order valence-corrected chi connectivity index (χ2v) is 6.04. The molecule has 1 aliphatic heterocycles. The summed E-state index contributed by atoms with van der Waals surface area (Å²) in [6.45, 7) is -1.36. The summed E-state index contributed by atoms with van der Waals surface area (Å²) in [5.74, 6) is -6.22. The molecule has 7 nitrogen and oxygen atoms in total. The highest BCUT2D eigenvalue weighted by atomic mass is 19.4. The molecule has 2 aromatic rings. The van der Waals surface area contributed by atoms with E-state index in [-0.39, 0.29) is 11.4 Å². The van der Waals surface area contributed by atoms with E-state index in [1.165, 1.54) is 29.2 Å². The van der Waals surface area contributed by atoms with Crippen LogP contribution < -0.4 is 5.32 Å². The van der Waals surface area contributed by atoms with Crippen molar-refractivity contribution in [2.75, 3.05) is 18.4 Å². The number of hydrogen-bond acceptors (Lipinski definition) is 3. The van der Waals surface area contributed by atoms with Gasteiger partial charge < -0.3 is 15.3 Å². The van der Waals surface area contributed by atoms with Crippen molar-refractivity contribution in [2.45, 2.75) is 6.18 Å². The van der Waals surface area contributed by atoms with Crippen LogP contribution in [0.15, 0.2) is 36.7 Å². The second kappa shape index (κ2) is 6.89. The average molecular weight is 386 g/mol. The Morgan fingerprint density at radius 3 is 2.52 bits per heavy atom. The number of anilines is 1. The summed E-state index contributed by atoms with van der Waals surface area (Å²) >= 11 is 0. The molecule has 1 aromatic carbocycles. The zero-order chi connectivity index (χ0) is 19.8. The average Bonchev–Trinajstić information content (AvgIpc) is 3.24. The van der Waals surface area contributed by atoms with Crippen molar-refractivity contribution >= 4 is 17.7 Å². The Kier molecular flexibility index (Phi) is 4.77. The van der Waals surface area contributed by atoms with E-state index in [4.69, 9.17) is 5.11 Å². The molecular formula is C16H14F4N4O3. The normalized spacial score (nSPS) is 19.9. The minimum atomic E-state index is -4.74. The van der Waals surface area contributed by atoms with E-state index in [2.05, 4.69) is 10.4 Å². The highest BCUT2D eigenvalue weighted by Gasteiger charge is 2.53. The van der Waals surface area contributed by atoms with Crippen molar-refractivity contribution in [1.82, 2.24) is 14.7 Å². The van der Waals surface area contributed by atoms with Crippen LogP contribution in [0.5, 0.6) is 0 Å². The second-order valence-electron chi connectivity index (χ2n) is 6.04. The third-order valence-electron chi connectivity index (χ3n) is 4.29. The van der Waals surface area contributed by atoms with Crippen molar-refractivity contribution in [3.8, 4) is 5.69 Å². The fourth-order valence-electron chi connectivity index (χ4n) is 2.94. The Bertz CT molecular complexity index is 854. The number of rotatable bonds is 3. The minimum absolute atomic E-state index is 0.0238. The predicted molar refractivity (Wildman–Crippen MR) is 84.8 cm³/mol. The third kappa shape index (κ3) is 3.86. The molecule has 0 saturated carbocycles. The minimum Gasteiger partial charge on any atom is -0.481 e. The summed E-state index contributed by atoms with van der Waals surface area (Å²) in [7, 11) is 0. The molecule has 2 N–H and O–H groups in total. The number of benzene rings is 1. The quantitative estimate of drug-likeness (QED) is 0.795. The molecule has 0 unspecified atom stereocenters. The van der Waals surface area contributed by atoms with Gasteiger partial charge in [-0.25, -0.2) is 13.9 Å². The van der Waals surface area contributed by atoms with Crippen molar-refractivity contribution in [2.24, 2.45) is 11.8 Å². The Hall–Kier alpha value is -3.11. The Balaban J connectivity index is 1.72. The van der Waals surface area contributed by atoms with Crippen LogP contribution in [-0.4, -0.2) is 51.1 Å². The highest BCUT2D eigenvalue weighted by Crippen LogP contribution is 2.37. The van der Waals surface area contributed by atoms with Crippen molar-refractivity contribution < 1.29 is 32.3 Å². The van der Waals surface area contributed by atoms with Gasteiger partial charge in [-0.1, -0.05) is 0 Å². The molecule has 1 fully saturated rings. The molecule has 0 aliphatic carbocycles. The number of carboxylic acids is 1. The van der Waals surface area contributed by atoms with Gasteiger partial charge in [-0.2, -0.15) is 18.3 Å². The molecule has 0 radical (unpaired) electrons. The van der Waals surface area contributed by atoms with E-state index in [1.54, 1.807) is 6.07 Å². The summed E-state index contributed by atoms with van der Waals surface area (Å²) in [6, 6.07) is 4.38. The first-order valence-corrected chi connectivity index (χ1v) is 7.82. The number of carbonyl (C=O) groups is 2. The SMILES string of the molecule is O=C(O)[C@@H]1CN(C(=O)Nc2ccc(-n3cccn3)c(F)c2)C[C@H]1C(F)(F)F. The molecule has 3 rings (SSSR count). The topological polar surface area (TPSA) is 87.5 Å². The van der Waals surface area contributed by atoms with Crippen LogP contribution in [0.4, 0.5) is 28.0 Å². The summed E-state index contributed by atoms with van der Waals surface area (Å²) in [4.78, 5) is 24.0. The van der Waals surface area contributed by atoms with Crippen LogP contribution in [0, 0.1) is 17.7 Å². The number of aliphatic carboxylic acids is 1. The van der Waals surface area contributed by atoms with E-state index >= 15 is 0 Å². The number of carbonyl (C=O) groups excluding carboxylic acids is 1. The van der Waals surface area contributed by atoms with Gasteiger partial charge in [0.2, 0.25) is 0 Å². The fourth-order valence-corrected chi connectivity index (χ4v) is 2.94. The van der Waals surface area contributed by atoms with Crippen LogP contribution >= 0.6 is 0 Å². The Morgan fingerprint density at radius 2 is 2.00 bits per heavy atom. The molecule has 1 saturated heterocycles. The molecule has 11 heteroatoms. The molecule has 2 amide bonds. The maximum Gasteiger partial charge on any atom is 0.394 e. The van der Waals surface area contributed by atoms with Crippen LogP contribution in [-0.2, 0) is 4.79 Å². The number of halogens is 4. The van der Waals surface area contributed by atoms with Gasteiger partial charge in [-0.3, -0.25) is 4.79 Å². The fraction of sp³-hybridized carbons (Fsp3) is 0.312. The highest BCUT2D eigenvalue weighted by molar-refractivity contribution is 5.90. The first kappa shape index (κ1) is 18.7. The third-order valence-corrected chi connectivity index (χ3v) is 4.29. The zero-order valence-electron chi connectivity index (χ0n) is 13.7. The molecule has 0 bridgehead atoms. The van der Waals surface area contributed by atoms with E-state index < -0.39 is 48.9 Å². The number of carboxylic acid groups (broad SMARTS) is 1. The first-order chi connectivity index (χ1) is 12.7. The summed E-state index contributed by atoms with van der Waals surface area (Å²) in [5, 5.41) is 15.1. The maximum atomic E-state index is 14.2. The number of aromatic nitrogens is 2. The van der Waals surface area contributed by atoms with Gasteiger partial charge in [0.05, 0.1) is 11.8 Å². The standard InChI is InChI=1S/C16H14F4N4O3/c17-12-6-9(2-3-13(12)24-5-1-4-21-24)22-15(27)23-7-10(14(25)26)11(8-23)16(18,19)20/h1-6,10-11H,7-8H2,(H,22,27)(H,25,26)/t10-,11-/m1/s1. The first-order valence-electron chi connectivity index (χ1n) is 7.82. The number of hydrogen-bond donors (Lipinski definition) is 2. The molecule has 1 aliphatic rings. The van der Waals surface area contributed by atoms with E-state index in [1.807, 2.05) is 0 Å². The molecule has 1 aromatic heterocycles. The summed E-state index contributed by atoms with van der Waals surface area (Å²) < 4.78 is 54.4. The van der Waals surface area contributed by atoms with Crippen molar-refractivity contribution in [3.63, 3.8) is 0 Å². The lowest BCUT2D eigenvalue weighted by Gasteiger charge is -2.19. The lowest BCUT2D eigenvalue weighted by atomic mass is 9.96. The van der Waals surface area contributed by atoms with Crippen LogP contribution in [0.2, 0.25) is 0 Å². The van der Waals surface area contributed by atoms with Crippen LogP contribution in [0.3, 0.4) is 0 Å². The van der Waals surface area contributed by atoms with E-state index in [9.17, 15) is 27.2 Å². The number of alkyl halides is 3. The Morgan fingerprint density at radius 1 is 1.26 bits per heavy atom. The molecular weight excluding hydrogens is 372 g/mol. The number of urea groups is 1. The number of nitrogens with one attached hydrogen (secondary N) is 1. The van der Waals surface area contributed by atoms with Gasteiger partial charge in [0.25, 0.3) is 0 Å². The van der Waals surface area contributed by atoms with Crippen molar-refractivity contribution in [1.29, 1.82) is 0 Å². The van der Waals surface area contributed by atoms with E-state index in [0.29, 0.717) is 0 Å². The molecule has 27 heavy (non-hydrogen) atoms. The molecule has 0 spiro atoms. The van der Waals surface area contributed by atoms with Gasteiger partial charge in [0.1, 0.15) is 5.69 Å². The lowest BCUT2D eigenvalue weighted by molar-refractivity contribution is -0.187. The lowest BCUT2D eigenvalue weighted by Crippen LogP contribution is -2.35. The predicted octanol–water partition coefficient (Wildman–Crippen LogP) is 2.74. The Labute approximate surface area is 150 Å². The smallest absolute Gasteiger partial charge is 0.394 e. The molecule has 144 valence electrons. The summed E-state index contributed by atoms with van der Waals surface area (Å²) in [5.41, 5.74) is 0.151. The maximum absolute atomic E-state index is 14.2. The number of nitrogens with zero attached hydrogens (tertiary/aromatic N) is 3. The zero-order valence-corrected chi connectivity index (χ0v) is 13.7. The largest absolute Gasteiger partial charge is 0.481 e. The van der Waals surface area contributed by atoms with Crippen molar-refractivity contribution in [3.05, 3.63) is 42.5 Å². The number of amides is 2. The number of likely N-dealkylation sites (tertiary alicyclic amines) is 1. The monoisotopic (exact) mass is 386 g/mol.